The average molecular weight is 438 g/mol. The number of halogens is 1. The molecule has 29 heavy (non-hydrogen) atoms. The van der Waals surface area contributed by atoms with E-state index < -0.39 is 10.0 Å². The summed E-state index contributed by atoms with van der Waals surface area (Å²) in [5.74, 6) is -0.0651. The third-order valence-corrected chi connectivity index (χ3v) is 6.18. The highest BCUT2D eigenvalue weighted by atomic mass is 35.5. The van der Waals surface area contributed by atoms with E-state index in [9.17, 15) is 13.2 Å². The fourth-order valence-corrected chi connectivity index (χ4v) is 4.03. The van der Waals surface area contributed by atoms with Crippen molar-refractivity contribution in [3.63, 3.8) is 0 Å². The molecule has 2 aromatic carbocycles. The van der Waals surface area contributed by atoms with Gasteiger partial charge in [-0.05, 0) is 48.8 Å². The molecule has 0 spiro atoms. The Labute approximate surface area is 178 Å². The maximum Gasteiger partial charge on any atom is 0.238 e. The molecule has 0 fully saturated rings. The monoisotopic (exact) mass is 437 g/mol. The molecule has 2 aromatic rings. The van der Waals surface area contributed by atoms with Crippen LogP contribution in [-0.4, -0.2) is 38.9 Å². The number of carbonyl (C=O) groups is 1. The highest BCUT2D eigenvalue weighted by Gasteiger charge is 2.21. The Hall–Kier alpha value is -1.93. The van der Waals surface area contributed by atoms with E-state index in [-0.39, 0.29) is 16.8 Å². The first kappa shape index (κ1) is 23.3. The van der Waals surface area contributed by atoms with Crippen LogP contribution in [0, 0.1) is 0 Å². The second kappa shape index (κ2) is 10.7. The van der Waals surface area contributed by atoms with Crippen LogP contribution < -0.4 is 10.5 Å². The third-order valence-electron chi connectivity index (χ3n) is 4.90. The highest BCUT2D eigenvalue weighted by Crippen LogP contribution is 2.27. The summed E-state index contributed by atoms with van der Waals surface area (Å²) in [7, 11) is -3.71. The normalized spacial score (nSPS) is 12.7. The van der Waals surface area contributed by atoms with Crippen LogP contribution in [0.5, 0.6) is 0 Å². The molecule has 1 atom stereocenters. The molecule has 0 bridgehead atoms. The molecule has 1 amide bonds. The number of primary sulfonamides is 1. The van der Waals surface area contributed by atoms with Gasteiger partial charge in [0, 0.05) is 18.0 Å². The number of nitrogens with zero attached hydrogens (tertiary/aromatic N) is 1. The number of rotatable bonds is 10. The molecule has 0 saturated heterocycles. The summed E-state index contributed by atoms with van der Waals surface area (Å²) >= 11 is 6.39. The molecule has 0 aliphatic rings. The van der Waals surface area contributed by atoms with Crippen molar-refractivity contribution in [2.45, 2.75) is 37.6 Å². The van der Waals surface area contributed by atoms with E-state index in [1.54, 1.807) is 12.1 Å². The molecule has 3 N–H and O–H groups in total. The minimum atomic E-state index is -3.71. The van der Waals surface area contributed by atoms with E-state index in [2.05, 4.69) is 24.1 Å². The second-order valence-electron chi connectivity index (χ2n) is 6.75. The highest BCUT2D eigenvalue weighted by molar-refractivity contribution is 7.89. The predicted molar refractivity (Wildman–Crippen MR) is 116 cm³/mol. The van der Waals surface area contributed by atoms with Crippen molar-refractivity contribution in [3.05, 3.63) is 64.7 Å². The number of amides is 1. The lowest BCUT2D eigenvalue weighted by Crippen LogP contribution is -2.38. The van der Waals surface area contributed by atoms with E-state index in [4.69, 9.17) is 16.7 Å². The van der Waals surface area contributed by atoms with Crippen LogP contribution in [-0.2, 0) is 21.2 Å². The Morgan fingerprint density at radius 2 is 1.72 bits per heavy atom. The fourth-order valence-electron chi connectivity index (χ4n) is 3.25. The maximum atomic E-state index is 12.4. The van der Waals surface area contributed by atoms with Crippen molar-refractivity contribution in [1.82, 2.24) is 10.2 Å². The number of hydrogen-bond acceptors (Lipinski definition) is 4. The molecule has 2 rings (SSSR count). The number of hydrogen-bond donors (Lipinski definition) is 2. The molecular formula is C21H28ClN3O3S. The van der Waals surface area contributed by atoms with Crippen LogP contribution >= 0.6 is 11.6 Å². The lowest BCUT2D eigenvalue weighted by molar-refractivity contribution is -0.121. The van der Waals surface area contributed by atoms with Crippen molar-refractivity contribution >= 4 is 27.5 Å². The topological polar surface area (TPSA) is 92.5 Å². The second-order valence-corrected chi connectivity index (χ2v) is 8.72. The SMILES string of the molecule is CCN(CC)C(CNC(=O)CCc1ccc(S(N)(=O)=O)cc1)c1ccccc1Cl. The number of likely N-dealkylation sites (N-methyl/N-ethyl adjacent to an activating group) is 1. The van der Waals surface area contributed by atoms with E-state index in [0.29, 0.717) is 24.4 Å². The van der Waals surface area contributed by atoms with Gasteiger partial charge in [0.1, 0.15) is 0 Å². The van der Waals surface area contributed by atoms with Crippen molar-refractivity contribution in [2.24, 2.45) is 5.14 Å². The maximum absolute atomic E-state index is 12.4. The Morgan fingerprint density at radius 3 is 2.28 bits per heavy atom. The molecule has 1 unspecified atom stereocenters. The first-order valence-corrected chi connectivity index (χ1v) is 11.6. The smallest absolute Gasteiger partial charge is 0.238 e. The molecular weight excluding hydrogens is 410 g/mol. The summed E-state index contributed by atoms with van der Waals surface area (Å²) in [6.07, 6.45) is 0.820. The molecule has 0 heterocycles. The van der Waals surface area contributed by atoms with Crippen molar-refractivity contribution in [3.8, 4) is 0 Å². The number of nitrogens with one attached hydrogen (secondary N) is 1. The molecule has 8 heteroatoms. The summed E-state index contributed by atoms with van der Waals surface area (Å²) < 4.78 is 22.6. The van der Waals surface area contributed by atoms with E-state index in [1.807, 2.05) is 24.3 Å². The largest absolute Gasteiger partial charge is 0.354 e. The molecule has 0 saturated carbocycles. The standard InChI is InChI=1S/C21H28ClN3O3S/c1-3-25(4-2)20(18-7-5-6-8-19(18)22)15-24-21(26)14-11-16-9-12-17(13-10-16)29(23,27)28/h5-10,12-13,20H,3-4,11,14-15H2,1-2H3,(H,24,26)(H2,23,27,28). The van der Waals surface area contributed by atoms with E-state index >= 15 is 0 Å². The first-order chi connectivity index (χ1) is 13.8. The minimum absolute atomic E-state index is 0.00306. The van der Waals surface area contributed by atoms with Crippen LogP contribution in [0.1, 0.15) is 37.4 Å². The van der Waals surface area contributed by atoms with Crippen molar-refractivity contribution < 1.29 is 13.2 Å². The van der Waals surface area contributed by atoms with Gasteiger partial charge in [-0.2, -0.15) is 0 Å². The van der Waals surface area contributed by atoms with Gasteiger partial charge in [0.05, 0.1) is 10.9 Å². The Bertz CT molecular complexity index is 913. The van der Waals surface area contributed by atoms with Crippen molar-refractivity contribution in [1.29, 1.82) is 0 Å². The summed E-state index contributed by atoms with van der Waals surface area (Å²) in [4.78, 5) is 14.7. The zero-order chi connectivity index (χ0) is 21.4. The van der Waals surface area contributed by atoms with Crippen LogP contribution in [0.25, 0.3) is 0 Å². The number of aryl methyl sites for hydroxylation is 1. The molecule has 0 aliphatic carbocycles. The third kappa shape index (κ3) is 6.82. The minimum Gasteiger partial charge on any atom is -0.354 e. The van der Waals surface area contributed by atoms with Crippen LogP contribution in [0.15, 0.2) is 53.4 Å². The van der Waals surface area contributed by atoms with Gasteiger partial charge in [0.15, 0.2) is 0 Å². The molecule has 0 aromatic heterocycles. The number of carbonyl (C=O) groups excluding carboxylic acids is 1. The van der Waals surface area contributed by atoms with Gasteiger partial charge < -0.3 is 5.32 Å². The van der Waals surface area contributed by atoms with E-state index in [1.165, 1.54) is 12.1 Å². The van der Waals surface area contributed by atoms with Crippen LogP contribution in [0.2, 0.25) is 5.02 Å². The quantitative estimate of drug-likeness (QED) is 0.597. The average Bonchev–Trinajstić information content (AvgIpc) is 2.70. The number of sulfonamides is 1. The van der Waals surface area contributed by atoms with E-state index in [0.717, 1.165) is 24.2 Å². The van der Waals surface area contributed by atoms with Gasteiger partial charge in [0.2, 0.25) is 15.9 Å². The van der Waals surface area contributed by atoms with Gasteiger partial charge in [-0.3, -0.25) is 9.69 Å². The summed E-state index contributed by atoms with van der Waals surface area (Å²) in [5, 5.41) is 8.79. The Morgan fingerprint density at radius 1 is 1.10 bits per heavy atom. The fraction of sp³-hybridized carbons (Fsp3) is 0.381. The van der Waals surface area contributed by atoms with Gasteiger partial charge in [0.25, 0.3) is 0 Å². The number of nitrogens with two attached hydrogens (primary N) is 1. The van der Waals surface area contributed by atoms with Crippen LogP contribution in [0.4, 0.5) is 0 Å². The Balaban J connectivity index is 1.97. The molecule has 6 nitrogen and oxygen atoms in total. The molecule has 158 valence electrons. The van der Waals surface area contributed by atoms with Gasteiger partial charge in [-0.1, -0.05) is 55.8 Å². The summed E-state index contributed by atoms with van der Waals surface area (Å²) in [6.45, 7) is 6.33. The molecule has 0 radical (unpaired) electrons. The van der Waals surface area contributed by atoms with Gasteiger partial charge in [-0.15, -0.1) is 0 Å². The lowest BCUT2D eigenvalue weighted by Gasteiger charge is -2.31. The van der Waals surface area contributed by atoms with Crippen LogP contribution in [0.3, 0.4) is 0 Å². The lowest BCUT2D eigenvalue weighted by atomic mass is 10.0. The van der Waals surface area contributed by atoms with Gasteiger partial charge in [-0.25, -0.2) is 13.6 Å². The zero-order valence-corrected chi connectivity index (χ0v) is 18.3. The summed E-state index contributed by atoms with van der Waals surface area (Å²) in [6, 6.07) is 14.0. The zero-order valence-electron chi connectivity index (χ0n) is 16.8. The van der Waals surface area contributed by atoms with Gasteiger partial charge >= 0.3 is 0 Å². The summed E-state index contributed by atoms with van der Waals surface area (Å²) in [5.41, 5.74) is 1.87. The first-order valence-electron chi connectivity index (χ1n) is 9.63. The predicted octanol–water partition coefficient (Wildman–Crippen LogP) is 3.12. The number of benzene rings is 2. The Kier molecular flexibility index (Phi) is 8.64. The van der Waals surface area contributed by atoms with Crippen molar-refractivity contribution in [2.75, 3.05) is 19.6 Å². The molecule has 0 aliphatic heterocycles.